The molecule has 8 heteroatoms. The molecule has 1 heterocycles. The zero-order valence-corrected chi connectivity index (χ0v) is 14.5. The van der Waals surface area contributed by atoms with Crippen molar-refractivity contribution in [3.63, 3.8) is 0 Å². The van der Waals surface area contributed by atoms with Gasteiger partial charge < -0.3 is 5.11 Å². The van der Waals surface area contributed by atoms with Crippen LogP contribution in [-0.2, 0) is 5.75 Å². The van der Waals surface area contributed by atoms with Crippen LogP contribution in [0.5, 0.6) is 0 Å². The largest absolute Gasteiger partial charge is 0.478 e. The summed E-state index contributed by atoms with van der Waals surface area (Å²) < 4.78 is 1.56. The summed E-state index contributed by atoms with van der Waals surface area (Å²) in [6.45, 7) is 0. The second-order valence-electron chi connectivity index (χ2n) is 5.01. The number of aromatic nitrogens is 3. The molecule has 0 saturated heterocycles. The van der Waals surface area contributed by atoms with E-state index in [0.29, 0.717) is 15.9 Å². The lowest BCUT2D eigenvalue weighted by Crippen LogP contribution is -1.96. The Morgan fingerprint density at radius 3 is 2.72 bits per heavy atom. The second kappa shape index (κ2) is 7.96. The molecule has 2 aromatic carbocycles. The van der Waals surface area contributed by atoms with Crippen molar-refractivity contribution in [2.75, 3.05) is 0 Å². The van der Waals surface area contributed by atoms with Crippen LogP contribution < -0.4 is 0 Å². The number of aromatic carboxylic acids is 1. The van der Waals surface area contributed by atoms with Crippen molar-refractivity contribution < 1.29 is 9.90 Å². The number of carbonyl (C=O) groups is 1. The normalized spacial score (nSPS) is 11.1. The molecule has 0 unspecified atom stereocenters. The van der Waals surface area contributed by atoms with Crippen molar-refractivity contribution in [3.05, 3.63) is 76.6 Å². The lowest BCUT2D eigenvalue weighted by molar-refractivity contribution is 0.0697. The summed E-state index contributed by atoms with van der Waals surface area (Å²) in [6, 6.07) is 14.1. The van der Waals surface area contributed by atoms with E-state index in [1.165, 1.54) is 30.2 Å². The van der Waals surface area contributed by atoms with Gasteiger partial charge in [-0.25, -0.2) is 4.79 Å². The summed E-state index contributed by atoms with van der Waals surface area (Å²) in [7, 11) is 0. The molecule has 0 aliphatic heterocycles. The number of benzene rings is 2. The summed E-state index contributed by atoms with van der Waals surface area (Å²) in [5.74, 6) is -0.304. The lowest BCUT2D eigenvalue weighted by Gasteiger charge is -2.03. The maximum Gasteiger partial charge on any atom is 0.335 e. The maximum atomic E-state index is 10.8. The monoisotopic (exact) mass is 372 g/mol. The summed E-state index contributed by atoms with van der Waals surface area (Å²) in [5, 5.41) is 22.5. The first kappa shape index (κ1) is 17.2. The minimum absolute atomic E-state index is 0.234. The number of rotatable bonds is 6. The minimum Gasteiger partial charge on any atom is -0.478 e. The van der Waals surface area contributed by atoms with Gasteiger partial charge in [0.1, 0.15) is 6.33 Å². The average Bonchev–Trinajstić information content (AvgIpc) is 3.07. The van der Waals surface area contributed by atoms with Crippen molar-refractivity contribution in [1.82, 2.24) is 14.9 Å². The van der Waals surface area contributed by atoms with Gasteiger partial charge in [0.25, 0.3) is 0 Å². The highest BCUT2D eigenvalue weighted by Crippen LogP contribution is 2.25. The quantitative estimate of drug-likeness (QED) is 0.525. The summed E-state index contributed by atoms with van der Waals surface area (Å²) in [6.07, 6.45) is 3.13. The van der Waals surface area contributed by atoms with Crippen LogP contribution in [0.4, 0.5) is 0 Å². The third kappa shape index (κ3) is 4.46. The van der Waals surface area contributed by atoms with Crippen molar-refractivity contribution >= 4 is 35.5 Å². The minimum atomic E-state index is -0.958. The molecule has 0 amide bonds. The number of thioether (sulfide) groups is 1. The van der Waals surface area contributed by atoms with E-state index in [-0.39, 0.29) is 5.56 Å². The predicted octanol–water partition coefficient (Wildman–Crippen LogP) is 3.80. The predicted molar refractivity (Wildman–Crippen MR) is 97.4 cm³/mol. The summed E-state index contributed by atoms with van der Waals surface area (Å²) in [5.41, 5.74) is 2.02. The molecule has 0 bridgehead atoms. The number of halogens is 1. The molecular weight excluding hydrogens is 360 g/mol. The van der Waals surface area contributed by atoms with E-state index in [9.17, 15) is 4.79 Å². The standard InChI is InChI=1S/C17H13ClN4O2S/c18-15-4-2-1-3-14(15)10-25-17-21-19-11-22(17)20-9-12-5-7-13(8-6-12)16(23)24/h1-9,11H,10H2,(H,23,24)/b20-9+. The van der Waals surface area contributed by atoms with Crippen molar-refractivity contribution in [2.45, 2.75) is 10.9 Å². The van der Waals surface area contributed by atoms with Crippen LogP contribution in [0, 0.1) is 0 Å². The van der Waals surface area contributed by atoms with Gasteiger partial charge in [-0.15, -0.1) is 10.2 Å². The molecule has 0 radical (unpaired) electrons. The molecule has 6 nitrogen and oxygen atoms in total. The van der Waals surface area contributed by atoms with Crippen LogP contribution in [0.25, 0.3) is 0 Å². The Hall–Kier alpha value is -2.64. The molecule has 0 atom stereocenters. The van der Waals surface area contributed by atoms with E-state index in [2.05, 4.69) is 15.3 Å². The molecule has 1 N–H and O–H groups in total. The van der Waals surface area contributed by atoms with Gasteiger partial charge in [-0.05, 0) is 29.3 Å². The Bertz CT molecular complexity index is 909. The molecule has 126 valence electrons. The number of hydrogen-bond donors (Lipinski definition) is 1. The van der Waals surface area contributed by atoms with Crippen LogP contribution in [0.15, 0.2) is 65.1 Å². The molecule has 0 aliphatic rings. The number of carboxylic acids is 1. The summed E-state index contributed by atoms with van der Waals surface area (Å²) >= 11 is 7.63. The van der Waals surface area contributed by atoms with Crippen LogP contribution >= 0.6 is 23.4 Å². The van der Waals surface area contributed by atoms with Crippen LogP contribution in [0.3, 0.4) is 0 Å². The Labute approximate surface area is 153 Å². The van der Waals surface area contributed by atoms with Gasteiger partial charge in [-0.1, -0.05) is 53.7 Å². The highest BCUT2D eigenvalue weighted by Gasteiger charge is 2.06. The fraction of sp³-hybridized carbons (Fsp3) is 0.0588. The van der Waals surface area contributed by atoms with Crippen molar-refractivity contribution in [3.8, 4) is 0 Å². The number of hydrogen-bond acceptors (Lipinski definition) is 5. The van der Waals surface area contributed by atoms with E-state index < -0.39 is 5.97 Å². The molecular formula is C17H13ClN4O2S. The van der Waals surface area contributed by atoms with E-state index in [1.807, 2.05) is 24.3 Å². The summed E-state index contributed by atoms with van der Waals surface area (Å²) in [4.78, 5) is 10.8. The van der Waals surface area contributed by atoms with Gasteiger partial charge >= 0.3 is 5.97 Å². The maximum absolute atomic E-state index is 10.8. The zero-order valence-electron chi connectivity index (χ0n) is 12.9. The first-order valence-corrected chi connectivity index (χ1v) is 8.64. The van der Waals surface area contributed by atoms with Crippen molar-refractivity contribution in [1.29, 1.82) is 0 Å². The fourth-order valence-corrected chi connectivity index (χ4v) is 3.14. The molecule has 0 spiro atoms. The smallest absolute Gasteiger partial charge is 0.335 e. The molecule has 3 aromatic rings. The van der Waals surface area contributed by atoms with E-state index >= 15 is 0 Å². The molecule has 25 heavy (non-hydrogen) atoms. The van der Waals surface area contributed by atoms with Gasteiger partial charge in [-0.2, -0.15) is 9.78 Å². The highest BCUT2D eigenvalue weighted by atomic mass is 35.5. The van der Waals surface area contributed by atoms with E-state index in [0.717, 1.165) is 11.1 Å². The molecule has 0 saturated carbocycles. The first-order chi connectivity index (χ1) is 12.1. The topological polar surface area (TPSA) is 80.4 Å². The van der Waals surface area contributed by atoms with Crippen molar-refractivity contribution in [2.24, 2.45) is 5.10 Å². The molecule has 0 fully saturated rings. The third-order valence-electron chi connectivity index (χ3n) is 3.30. The molecule has 3 rings (SSSR count). The van der Waals surface area contributed by atoms with Gasteiger partial charge in [0.15, 0.2) is 0 Å². The van der Waals surface area contributed by atoms with Gasteiger partial charge in [0.05, 0.1) is 11.8 Å². The Kier molecular flexibility index (Phi) is 5.47. The first-order valence-electron chi connectivity index (χ1n) is 7.27. The van der Waals surface area contributed by atoms with Crippen LogP contribution in [0.2, 0.25) is 5.02 Å². The fourth-order valence-electron chi connectivity index (χ4n) is 1.99. The lowest BCUT2D eigenvalue weighted by atomic mass is 10.1. The van der Waals surface area contributed by atoms with Crippen LogP contribution in [-0.4, -0.2) is 32.2 Å². The highest BCUT2D eigenvalue weighted by molar-refractivity contribution is 7.98. The Morgan fingerprint density at radius 1 is 1.24 bits per heavy atom. The number of nitrogens with zero attached hydrogens (tertiary/aromatic N) is 4. The van der Waals surface area contributed by atoms with Gasteiger partial charge in [-0.3, -0.25) is 0 Å². The van der Waals surface area contributed by atoms with Crippen LogP contribution in [0.1, 0.15) is 21.5 Å². The average molecular weight is 373 g/mol. The number of carboxylic acid groups (broad SMARTS) is 1. The van der Waals surface area contributed by atoms with Gasteiger partial charge in [0, 0.05) is 10.8 Å². The second-order valence-corrected chi connectivity index (χ2v) is 6.36. The van der Waals surface area contributed by atoms with E-state index in [1.54, 1.807) is 23.0 Å². The SMILES string of the molecule is O=C(O)c1ccc(/C=N/n2cnnc2SCc2ccccc2Cl)cc1. The Balaban J connectivity index is 1.69. The third-order valence-corrected chi connectivity index (χ3v) is 4.65. The molecule has 0 aliphatic carbocycles. The van der Waals surface area contributed by atoms with E-state index in [4.69, 9.17) is 16.7 Å². The van der Waals surface area contributed by atoms with Gasteiger partial charge in [0.2, 0.25) is 5.16 Å². The Morgan fingerprint density at radius 2 is 2.00 bits per heavy atom. The molecule has 1 aromatic heterocycles. The zero-order chi connectivity index (χ0) is 17.6.